The number of aliphatic hydroxyl groups is 4. The monoisotopic (exact) mass is 464 g/mol. The summed E-state index contributed by atoms with van der Waals surface area (Å²) in [6.07, 6.45) is -1.70. The largest absolute Gasteiger partial charge is 0.508 e. The molecule has 1 saturated carbocycles. The Kier molecular flexibility index (Phi) is 4.90. The van der Waals surface area contributed by atoms with Gasteiger partial charge in [0.2, 0.25) is 5.78 Å². The SMILES string of the molecule is CN(C)[C@H]1C(=O)C(C(N)=O)=C(O)[C@@]2(O)C(=O)C3=C(O)c4c(O)ccc(Cl)c4[C@@H](O)C3C[C@@H]12. The molecule has 5 atom stereocenters. The molecule has 32 heavy (non-hydrogen) atoms. The summed E-state index contributed by atoms with van der Waals surface area (Å²) in [5.41, 5.74) is 0.845. The average Bonchev–Trinajstić information content (AvgIpc) is 2.69. The van der Waals surface area contributed by atoms with E-state index in [4.69, 9.17) is 17.3 Å². The number of phenols is 1. The summed E-state index contributed by atoms with van der Waals surface area (Å²) in [7, 11) is 2.97. The van der Waals surface area contributed by atoms with Crippen molar-refractivity contribution in [3.63, 3.8) is 0 Å². The Bertz CT molecular complexity index is 1160. The Morgan fingerprint density at radius 1 is 1.22 bits per heavy atom. The van der Waals surface area contributed by atoms with E-state index < -0.39 is 75.5 Å². The van der Waals surface area contributed by atoms with Gasteiger partial charge in [0.05, 0.1) is 17.7 Å². The van der Waals surface area contributed by atoms with E-state index in [1.165, 1.54) is 31.1 Å². The maximum absolute atomic E-state index is 13.6. The van der Waals surface area contributed by atoms with E-state index in [1.807, 2.05) is 0 Å². The number of phenolic OH excluding ortho intramolecular Hbond substituents is 1. The normalized spacial score (nSPS) is 32.1. The van der Waals surface area contributed by atoms with E-state index in [9.17, 15) is 39.9 Å². The number of rotatable bonds is 2. The number of primary amides is 1. The molecule has 10 nitrogen and oxygen atoms in total. The van der Waals surface area contributed by atoms with Crippen molar-refractivity contribution in [3.8, 4) is 5.75 Å². The van der Waals surface area contributed by atoms with Crippen molar-refractivity contribution in [2.45, 2.75) is 24.2 Å². The second kappa shape index (κ2) is 7.04. The van der Waals surface area contributed by atoms with Crippen LogP contribution in [0.25, 0.3) is 5.76 Å². The number of Topliss-reactive ketones (excluding diaryl/α,β-unsaturated/α-hetero) is 2. The van der Waals surface area contributed by atoms with Gasteiger partial charge in [-0.3, -0.25) is 19.3 Å². The minimum atomic E-state index is -2.77. The number of benzene rings is 1. The van der Waals surface area contributed by atoms with Gasteiger partial charge in [-0.25, -0.2) is 0 Å². The smallest absolute Gasteiger partial charge is 0.255 e. The van der Waals surface area contributed by atoms with Crippen LogP contribution in [0.5, 0.6) is 5.75 Å². The highest BCUT2D eigenvalue weighted by atomic mass is 35.5. The molecule has 0 aromatic heterocycles. The fourth-order valence-electron chi connectivity index (χ4n) is 5.24. The zero-order valence-electron chi connectivity index (χ0n) is 17.0. The maximum Gasteiger partial charge on any atom is 0.255 e. The van der Waals surface area contributed by atoms with E-state index in [1.54, 1.807) is 0 Å². The summed E-state index contributed by atoms with van der Waals surface area (Å²) >= 11 is 6.19. The second-order valence-electron chi connectivity index (χ2n) is 8.47. The minimum absolute atomic E-state index is 0.00251. The van der Waals surface area contributed by atoms with Crippen molar-refractivity contribution >= 4 is 34.8 Å². The number of carbonyl (C=O) groups excluding carboxylic acids is 3. The number of carbonyl (C=O) groups is 3. The van der Waals surface area contributed by atoms with E-state index >= 15 is 0 Å². The van der Waals surface area contributed by atoms with Crippen LogP contribution in [0.2, 0.25) is 5.02 Å². The van der Waals surface area contributed by atoms with Crippen LogP contribution in [0.4, 0.5) is 0 Å². The zero-order chi connectivity index (χ0) is 23.9. The maximum atomic E-state index is 13.6. The number of aliphatic hydroxyl groups excluding tert-OH is 3. The minimum Gasteiger partial charge on any atom is -0.508 e. The highest BCUT2D eigenvalue weighted by molar-refractivity contribution is 6.32. The molecule has 3 aliphatic carbocycles. The molecule has 1 fully saturated rings. The molecule has 1 aromatic rings. The fraction of sp³-hybridized carbons (Fsp3) is 0.381. The Labute approximate surface area is 186 Å². The van der Waals surface area contributed by atoms with E-state index in [2.05, 4.69) is 0 Å². The molecule has 0 saturated heterocycles. The molecular weight excluding hydrogens is 444 g/mol. The molecule has 1 unspecified atom stereocenters. The molecule has 7 N–H and O–H groups in total. The third-order valence-electron chi connectivity index (χ3n) is 6.64. The molecule has 170 valence electrons. The molecule has 1 amide bonds. The summed E-state index contributed by atoms with van der Waals surface area (Å²) in [6.45, 7) is 0. The van der Waals surface area contributed by atoms with Crippen molar-refractivity contribution in [2.75, 3.05) is 14.1 Å². The van der Waals surface area contributed by atoms with E-state index in [-0.39, 0.29) is 22.6 Å². The number of likely N-dealkylation sites (N-methyl/N-ethyl adjacent to an activating group) is 1. The lowest BCUT2D eigenvalue weighted by molar-refractivity contribution is -0.155. The van der Waals surface area contributed by atoms with Crippen LogP contribution in [0.3, 0.4) is 0 Å². The van der Waals surface area contributed by atoms with Gasteiger partial charge in [0, 0.05) is 28.0 Å². The summed E-state index contributed by atoms with van der Waals surface area (Å²) < 4.78 is 0. The lowest BCUT2D eigenvalue weighted by atomic mass is 9.57. The number of amides is 1. The first-order valence-electron chi connectivity index (χ1n) is 9.69. The molecule has 11 heteroatoms. The number of halogens is 1. The number of ketones is 2. The van der Waals surface area contributed by atoms with Crippen molar-refractivity contribution in [1.82, 2.24) is 4.90 Å². The standard InChI is InChI=1S/C21H21ClN2O8/c1-24(2)14-7-5-6-10(16(27)12-9(25)4-3-8(22)11(12)15(6)26)18(29)21(7,32)19(30)13(17(14)28)20(23)31/h3-4,6-7,14-15,25-27,30,32H,5H2,1-2H3,(H2,23,31)/t6?,7-,14+,15-,21-/m0/s1. The zero-order valence-corrected chi connectivity index (χ0v) is 17.8. The van der Waals surface area contributed by atoms with Gasteiger partial charge in [-0.15, -0.1) is 0 Å². The predicted octanol–water partition coefficient (Wildman–Crippen LogP) is 0.108. The molecule has 4 rings (SSSR count). The van der Waals surface area contributed by atoms with Gasteiger partial charge in [0.15, 0.2) is 11.4 Å². The van der Waals surface area contributed by atoms with Gasteiger partial charge >= 0.3 is 0 Å². The van der Waals surface area contributed by atoms with Crippen LogP contribution in [0, 0.1) is 11.8 Å². The number of nitrogens with two attached hydrogens (primary N) is 1. The molecule has 0 radical (unpaired) electrons. The summed E-state index contributed by atoms with van der Waals surface area (Å²) in [6, 6.07) is 1.25. The number of nitrogens with zero attached hydrogens (tertiary/aromatic N) is 1. The van der Waals surface area contributed by atoms with Crippen LogP contribution >= 0.6 is 11.6 Å². The molecule has 0 heterocycles. The summed E-state index contributed by atoms with van der Waals surface area (Å²) in [5.74, 6) is -8.19. The van der Waals surface area contributed by atoms with Crippen molar-refractivity contribution < 1.29 is 39.9 Å². The lowest BCUT2D eigenvalue weighted by Gasteiger charge is -2.51. The molecule has 3 aliphatic rings. The van der Waals surface area contributed by atoms with E-state index in [0.717, 1.165) is 0 Å². The van der Waals surface area contributed by atoms with Gasteiger partial charge in [-0.2, -0.15) is 0 Å². The highest BCUT2D eigenvalue weighted by Gasteiger charge is 2.65. The molecule has 0 aliphatic heterocycles. The van der Waals surface area contributed by atoms with Crippen LogP contribution in [-0.2, 0) is 14.4 Å². The van der Waals surface area contributed by atoms with Crippen LogP contribution in [0.15, 0.2) is 29.0 Å². The first-order chi connectivity index (χ1) is 14.8. The van der Waals surface area contributed by atoms with Crippen LogP contribution < -0.4 is 5.73 Å². The van der Waals surface area contributed by atoms with Gasteiger partial charge < -0.3 is 31.3 Å². The third-order valence-corrected chi connectivity index (χ3v) is 6.97. The summed E-state index contributed by atoms with van der Waals surface area (Å²) in [5, 5.41) is 54.4. The topological polar surface area (TPSA) is 182 Å². The Hall–Kier alpha value is -2.92. The lowest BCUT2D eigenvalue weighted by Crippen LogP contribution is -2.66. The number of hydrogen-bond donors (Lipinski definition) is 6. The van der Waals surface area contributed by atoms with E-state index in [0.29, 0.717) is 0 Å². The van der Waals surface area contributed by atoms with Crippen molar-refractivity contribution in [2.24, 2.45) is 17.6 Å². The predicted molar refractivity (Wildman–Crippen MR) is 111 cm³/mol. The number of hydrogen-bond acceptors (Lipinski definition) is 9. The third kappa shape index (κ3) is 2.61. The highest BCUT2D eigenvalue weighted by Crippen LogP contribution is 2.56. The quantitative estimate of drug-likeness (QED) is 0.331. The molecular formula is C21H21ClN2O8. The van der Waals surface area contributed by atoms with Crippen molar-refractivity contribution in [1.29, 1.82) is 0 Å². The van der Waals surface area contributed by atoms with Crippen LogP contribution in [-0.4, -0.2) is 73.6 Å². The molecule has 1 aromatic carbocycles. The van der Waals surface area contributed by atoms with Crippen molar-refractivity contribution in [3.05, 3.63) is 45.2 Å². The second-order valence-corrected chi connectivity index (χ2v) is 8.87. The van der Waals surface area contributed by atoms with Gasteiger partial charge in [-0.1, -0.05) is 11.6 Å². The van der Waals surface area contributed by atoms with Crippen LogP contribution in [0.1, 0.15) is 23.7 Å². The van der Waals surface area contributed by atoms with Gasteiger partial charge in [0.25, 0.3) is 5.91 Å². The first-order valence-corrected chi connectivity index (χ1v) is 10.1. The molecule has 0 spiro atoms. The first kappa shape index (κ1) is 22.3. The fourth-order valence-corrected chi connectivity index (χ4v) is 5.51. The molecule has 0 bridgehead atoms. The summed E-state index contributed by atoms with van der Waals surface area (Å²) in [4.78, 5) is 39.8. The average molecular weight is 465 g/mol. The Morgan fingerprint density at radius 2 is 1.84 bits per heavy atom. The number of aromatic hydroxyl groups is 1. The number of fused-ring (bicyclic) bond motifs is 3. The Balaban J connectivity index is 2.03. The van der Waals surface area contributed by atoms with Gasteiger partial charge in [-0.05, 0) is 32.6 Å². The van der Waals surface area contributed by atoms with Gasteiger partial charge in [0.1, 0.15) is 22.8 Å². The Morgan fingerprint density at radius 3 is 2.41 bits per heavy atom.